The highest BCUT2D eigenvalue weighted by Gasteiger charge is 2.33. The molecule has 0 aliphatic rings. The molecule has 0 amide bonds. The van der Waals surface area contributed by atoms with E-state index in [1.165, 1.54) is 0 Å². The quantitative estimate of drug-likeness (QED) is 0.372. The van der Waals surface area contributed by atoms with Gasteiger partial charge in [-0.1, -0.05) is 0 Å². The fourth-order valence-electron chi connectivity index (χ4n) is 0.957. The van der Waals surface area contributed by atoms with Crippen molar-refractivity contribution in [3.05, 3.63) is 0 Å². The molecule has 0 aromatic rings. The number of methoxy groups -OCH3 is 3. The molecule has 0 aromatic carbocycles. The normalized spacial score (nSPS) is 15.9. The van der Waals surface area contributed by atoms with Crippen molar-refractivity contribution in [2.75, 3.05) is 21.3 Å². The third-order valence-electron chi connectivity index (χ3n) is 1.56. The second kappa shape index (κ2) is 4.25. The zero-order valence-electron chi connectivity index (χ0n) is 7.30. The smallest absolute Gasteiger partial charge is 0.278 e. The molecular weight excluding hydrogens is 164 g/mol. The first-order chi connectivity index (χ1) is 4.63. The molecule has 0 N–H and O–H groups in total. The summed E-state index contributed by atoms with van der Waals surface area (Å²) >= 11 is 0. The average molecular weight is 180 g/mol. The number of hydrogen-bond acceptors (Lipinski definition) is 3. The molecule has 5 heteroatoms. The molecule has 0 atom stereocenters. The molecule has 62 valence electrons. The molecule has 0 saturated carbocycles. The summed E-state index contributed by atoms with van der Waals surface area (Å²) in [4.78, 5) is 0. The van der Waals surface area contributed by atoms with Crippen LogP contribution in [0.15, 0.2) is 0 Å². The lowest BCUT2D eigenvalue weighted by molar-refractivity contribution is -0.344. The first-order valence-electron chi connectivity index (χ1n) is 3.28. The van der Waals surface area contributed by atoms with Crippen LogP contribution in [0.4, 0.5) is 0 Å². The third-order valence-corrected chi connectivity index (χ3v) is 2.97. The predicted molar refractivity (Wildman–Crippen MR) is 47.4 cm³/mol. The number of ether oxygens (including phenoxy) is 3. The van der Waals surface area contributed by atoms with E-state index < -0.39 is 5.97 Å². The van der Waals surface area contributed by atoms with Crippen LogP contribution in [0.5, 0.6) is 0 Å². The highest BCUT2D eigenvalue weighted by Crippen LogP contribution is 2.22. The van der Waals surface area contributed by atoms with Crippen molar-refractivity contribution in [1.29, 1.82) is 0 Å². The van der Waals surface area contributed by atoms with Crippen LogP contribution in [0, 0.1) is 0 Å². The third kappa shape index (κ3) is 1.90. The maximum atomic E-state index is 5.12. The summed E-state index contributed by atoms with van der Waals surface area (Å²) in [6.07, 6.45) is 0. The summed E-state index contributed by atoms with van der Waals surface area (Å²) in [6, 6.07) is 0. The monoisotopic (exact) mass is 180 g/mol. The zero-order chi connectivity index (χ0) is 8.20. The molecule has 3 nitrogen and oxygen atoms in total. The lowest BCUT2D eigenvalue weighted by atomic mass is 10.6. The van der Waals surface area contributed by atoms with Crippen molar-refractivity contribution >= 4 is 20.5 Å². The van der Waals surface area contributed by atoms with Crippen molar-refractivity contribution in [2.45, 2.75) is 11.1 Å². The molecule has 10 heavy (non-hydrogen) atoms. The molecule has 0 aromatic heterocycles. The molecule has 0 aliphatic carbocycles. The van der Waals surface area contributed by atoms with Crippen molar-refractivity contribution in [3.63, 3.8) is 0 Å². The molecule has 0 heterocycles. The van der Waals surface area contributed by atoms with Crippen LogP contribution in [0.1, 0.15) is 0 Å². The standard InChI is InChI=1S/C5H16O3Si2/c1-6-5(7-2,8-3)4(9)10/h4H,1-3,9-10H3. The van der Waals surface area contributed by atoms with E-state index in [9.17, 15) is 0 Å². The fourth-order valence-corrected chi connectivity index (χ4v) is 2.37. The Morgan fingerprint density at radius 2 is 1.30 bits per heavy atom. The molecule has 0 saturated heterocycles. The maximum Gasteiger partial charge on any atom is 0.278 e. The van der Waals surface area contributed by atoms with Crippen LogP contribution in [0.3, 0.4) is 0 Å². The lowest BCUT2D eigenvalue weighted by Crippen LogP contribution is -2.41. The van der Waals surface area contributed by atoms with Gasteiger partial charge in [0.05, 0.1) is 0 Å². The topological polar surface area (TPSA) is 27.7 Å². The Bertz CT molecular complexity index is 84.6. The van der Waals surface area contributed by atoms with Crippen LogP contribution in [-0.4, -0.2) is 47.8 Å². The van der Waals surface area contributed by atoms with Gasteiger partial charge in [0.25, 0.3) is 5.97 Å². The van der Waals surface area contributed by atoms with Crippen molar-refractivity contribution < 1.29 is 14.2 Å². The van der Waals surface area contributed by atoms with Gasteiger partial charge in [-0.05, 0) is 0 Å². The summed E-state index contributed by atoms with van der Waals surface area (Å²) in [5, 5.41) is 0.451. The maximum absolute atomic E-state index is 5.12. The Hall–Kier alpha value is 0.314. The summed E-state index contributed by atoms with van der Waals surface area (Å²) in [7, 11) is 6.90. The minimum atomic E-state index is -0.752. The molecule has 0 bridgehead atoms. The van der Waals surface area contributed by atoms with Crippen LogP contribution in [0.25, 0.3) is 0 Å². The Kier molecular flexibility index (Phi) is 4.38. The van der Waals surface area contributed by atoms with E-state index in [2.05, 4.69) is 0 Å². The minimum absolute atomic E-state index is 0.451. The molecule has 0 radical (unpaired) electrons. The zero-order valence-corrected chi connectivity index (χ0v) is 11.3. The van der Waals surface area contributed by atoms with Crippen molar-refractivity contribution in [3.8, 4) is 0 Å². The number of rotatable bonds is 4. The van der Waals surface area contributed by atoms with E-state index in [0.717, 1.165) is 20.5 Å². The highest BCUT2D eigenvalue weighted by molar-refractivity contribution is 6.36. The Morgan fingerprint density at radius 1 is 1.00 bits per heavy atom. The lowest BCUT2D eigenvalue weighted by Gasteiger charge is -2.32. The van der Waals surface area contributed by atoms with Gasteiger partial charge in [-0.15, -0.1) is 0 Å². The SMILES string of the molecule is COC(OC)(OC)C([SiH3])[SiH3]. The van der Waals surface area contributed by atoms with E-state index >= 15 is 0 Å². The van der Waals surface area contributed by atoms with E-state index in [1.807, 2.05) is 0 Å². The van der Waals surface area contributed by atoms with Gasteiger partial charge in [0.2, 0.25) is 0 Å². The summed E-state index contributed by atoms with van der Waals surface area (Å²) in [5.74, 6) is -0.752. The van der Waals surface area contributed by atoms with Gasteiger partial charge in [0, 0.05) is 47.0 Å². The van der Waals surface area contributed by atoms with Crippen LogP contribution in [-0.2, 0) is 14.2 Å². The van der Waals surface area contributed by atoms with Crippen LogP contribution in [0.2, 0.25) is 5.16 Å². The van der Waals surface area contributed by atoms with Gasteiger partial charge >= 0.3 is 0 Å². The van der Waals surface area contributed by atoms with Gasteiger partial charge in [-0.2, -0.15) is 0 Å². The highest BCUT2D eigenvalue weighted by atomic mass is 28.2. The van der Waals surface area contributed by atoms with Gasteiger partial charge in [0.15, 0.2) is 0 Å². The average Bonchev–Trinajstić information content (AvgIpc) is 1.92. The Morgan fingerprint density at radius 3 is 1.30 bits per heavy atom. The molecule has 0 fully saturated rings. The first-order valence-corrected chi connectivity index (χ1v) is 5.59. The molecule has 0 aliphatic heterocycles. The Balaban J connectivity index is 4.15. The van der Waals surface area contributed by atoms with Crippen molar-refractivity contribution in [1.82, 2.24) is 0 Å². The summed E-state index contributed by atoms with van der Waals surface area (Å²) in [6.45, 7) is 0. The van der Waals surface area contributed by atoms with Crippen molar-refractivity contribution in [2.24, 2.45) is 0 Å². The van der Waals surface area contributed by atoms with E-state index in [1.54, 1.807) is 21.3 Å². The Labute approximate surface area is 67.9 Å². The van der Waals surface area contributed by atoms with Gasteiger partial charge in [-0.3, -0.25) is 0 Å². The summed E-state index contributed by atoms with van der Waals surface area (Å²) < 4.78 is 15.4. The van der Waals surface area contributed by atoms with Gasteiger partial charge < -0.3 is 14.2 Å². The summed E-state index contributed by atoms with van der Waals surface area (Å²) in [5.41, 5.74) is 0. The second-order valence-corrected chi connectivity index (χ2v) is 8.14. The largest absolute Gasteiger partial charge is 0.331 e. The number of hydrogen-bond donors (Lipinski definition) is 0. The minimum Gasteiger partial charge on any atom is -0.331 e. The molecule has 0 spiro atoms. The van der Waals surface area contributed by atoms with Crippen LogP contribution < -0.4 is 0 Å². The molecular formula is C5H16O3Si2. The van der Waals surface area contributed by atoms with E-state index in [0.29, 0.717) is 5.16 Å². The van der Waals surface area contributed by atoms with Gasteiger partial charge in [-0.25, -0.2) is 0 Å². The fraction of sp³-hybridized carbons (Fsp3) is 1.00. The first kappa shape index (κ1) is 10.3. The van der Waals surface area contributed by atoms with E-state index in [-0.39, 0.29) is 0 Å². The van der Waals surface area contributed by atoms with E-state index in [4.69, 9.17) is 14.2 Å². The van der Waals surface area contributed by atoms with Gasteiger partial charge in [0.1, 0.15) is 0 Å². The second-order valence-electron chi connectivity index (χ2n) is 2.37. The molecule has 0 rings (SSSR count). The predicted octanol–water partition coefficient (Wildman–Crippen LogP) is -1.94. The molecule has 0 unspecified atom stereocenters. The van der Waals surface area contributed by atoms with Crippen LogP contribution >= 0.6 is 0 Å².